The van der Waals surface area contributed by atoms with Crippen LogP contribution in [0.2, 0.25) is 0 Å². The van der Waals surface area contributed by atoms with Crippen molar-refractivity contribution in [2.24, 2.45) is 0 Å². The number of nitrogens with one attached hydrogen (secondary N) is 1. The van der Waals surface area contributed by atoms with E-state index < -0.39 is 28.8 Å². The van der Waals surface area contributed by atoms with Gasteiger partial charge in [0, 0.05) is 5.56 Å². The maximum absolute atomic E-state index is 13.8. The second kappa shape index (κ2) is 6.19. The Morgan fingerprint density at radius 1 is 1.08 bits per heavy atom. The predicted octanol–water partition coefficient (Wildman–Crippen LogP) is 4.17. The van der Waals surface area contributed by atoms with Gasteiger partial charge in [-0.2, -0.15) is 0 Å². The monoisotopic (exact) mass is 335 g/mol. The largest absolute Gasteiger partial charge is 0.496 e. The zero-order valence-electron chi connectivity index (χ0n) is 13.0. The number of para-hydroxylation sites is 1. The van der Waals surface area contributed by atoms with Gasteiger partial charge in [0.15, 0.2) is 17.5 Å². The SMILES string of the molecule is COc1ccccc1C1(C(=O)Nc2ccc(F)c(F)c2F)CCC1. The van der Waals surface area contributed by atoms with Crippen LogP contribution in [0.1, 0.15) is 24.8 Å². The molecule has 1 fully saturated rings. The van der Waals surface area contributed by atoms with E-state index in [1.165, 1.54) is 7.11 Å². The Kier molecular flexibility index (Phi) is 4.22. The molecule has 0 aliphatic heterocycles. The zero-order chi connectivity index (χ0) is 17.3. The highest BCUT2D eigenvalue weighted by atomic mass is 19.2. The summed E-state index contributed by atoms with van der Waals surface area (Å²) in [5.41, 5.74) is -0.525. The second-order valence-corrected chi connectivity index (χ2v) is 5.81. The van der Waals surface area contributed by atoms with E-state index in [0.29, 0.717) is 24.2 Å². The van der Waals surface area contributed by atoms with Crippen LogP contribution in [-0.4, -0.2) is 13.0 Å². The Balaban J connectivity index is 1.95. The van der Waals surface area contributed by atoms with E-state index in [9.17, 15) is 18.0 Å². The molecule has 3 nitrogen and oxygen atoms in total. The molecule has 1 N–H and O–H groups in total. The summed E-state index contributed by atoms with van der Waals surface area (Å²) < 4.78 is 45.5. The van der Waals surface area contributed by atoms with E-state index in [-0.39, 0.29) is 5.69 Å². The molecule has 0 saturated heterocycles. The first-order valence-corrected chi connectivity index (χ1v) is 7.58. The third kappa shape index (κ3) is 2.52. The first kappa shape index (κ1) is 16.4. The van der Waals surface area contributed by atoms with E-state index in [2.05, 4.69) is 5.32 Å². The van der Waals surface area contributed by atoms with E-state index in [1.807, 2.05) is 0 Å². The van der Waals surface area contributed by atoms with Crippen molar-refractivity contribution >= 4 is 11.6 Å². The number of hydrogen-bond donors (Lipinski definition) is 1. The van der Waals surface area contributed by atoms with Crippen LogP contribution in [0.4, 0.5) is 18.9 Å². The second-order valence-electron chi connectivity index (χ2n) is 5.81. The summed E-state index contributed by atoms with van der Waals surface area (Å²) in [7, 11) is 1.51. The third-order valence-electron chi connectivity index (χ3n) is 4.55. The van der Waals surface area contributed by atoms with Crippen LogP contribution in [0.25, 0.3) is 0 Å². The summed E-state index contributed by atoms with van der Waals surface area (Å²) in [4.78, 5) is 12.8. The minimum Gasteiger partial charge on any atom is -0.496 e. The van der Waals surface area contributed by atoms with Gasteiger partial charge in [-0.15, -0.1) is 0 Å². The van der Waals surface area contributed by atoms with E-state index >= 15 is 0 Å². The number of benzene rings is 2. The number of carbonyl (C=O) groups is 1. The van der Waals surface area contributed by atoms with Crippen LogP contribution in [0.3, 0.4) is 0 Å². The van der Waals surface area contributed by atoms with Gasteiger partial charge in [-0.25, -0.2) is 13.2 Å². The van der Waals surface area contributed by atoms with Crippen molar-refractivity contribution in [3.63, 3.8) is 0 Å². The van der Waals surface area contributed by atoms with Crippen LogP contribution < -0.4 is 10.1 Å². The van der Waals surface area contributed by atoms with Gasteiger partial charge >= 0.3 is 0 Å². The molecule has 0 atom stereocenters. The molecule has 1 aliphatic rings. The fourth-order valence-electron chi connectivity index (χ4n) is 3.05. The molecule has 0 spiro atoms. The highest BCUT2D eigenvalue weighted by Crippen LogP contribution is 2.47. The smallest absolute Gasteiger partial charge is 0.235 e. The molecule has 0 unspecified atom stereocenters. The lowest BCUT2D eigenvalue weighted by molar-refractivity contribution is -0.124. The summed E-state index contributed by atoms with van der Waals surface area (Å²) in [5, 5.41) is 2.39. The van der Waals surface area contributed by atoms with Gasteiger partial charge in [-0.05, 0) is 31.0 Å². The number of rotatable bonds is 4. The van der Waals surface area contributed by atoms with Crippen molar-refractivity contribution in [3.05, 3.63) is 59.4 Å². The molecule has 0 aromatic heterocycles. The molecule has 126 valence electrons. The fourth-order valence-corrected chi connectivity index (χ4v) is 3.05. The van der Waals surface area contributed by atoms with Gasteiger partial charge in [-0.1, -0.05) is 24.6 Å². The average Bonchev–Trinajstić information content (AvgIpc) is 2.55. The molecule has 0 radical (unpaired) electrons. The molecule has 2 aromatic carbocycles. The molecule has 6 heteroatoms. The maximum Gasteiger partial charge on any atom is 0.235 e. The fraction of sp³-hybridized carbons (Fsp3) is 0.278. The van der Waals surface area contributed by atoms with Crippen LogP contribution >= 0.6 is 0 Å². The Hall–Kier alpha value is -2.50. The van der Waals surface area contributed by atoms with Gasteiger partial charge < -0.3 is 10.1 Å². The van der Waals surface area contributed by atoms with Gasteiger partial charge in [0.2, 0.25) is 5.91 Å². The number of ether oxygens (including phenoxy) is 1. The molecule has 2 aromatic rings. The number of carbonyl (C=O) groups excluding carboxylic acids is 1. The lowest BCUT2D eigenvalue weighted by Gasteiger charge is -2.41. The molecule has 1 amide bonds. The normalized spacial score (nSPS) is 15.5. The summed E-state index contributed by atoms with van der Waals surface area (Å²) in [6, 6.07) is 8.93. The van der Waals surface area contributed by atoms with Crippen molar-refractivity contribution in [1.82, 2.24) is 0 Å². The zero-order valence-corrected chi connectivity index (χ0v) is 13.0. The van der Waals surface area contributed by atoms with Crippen LogP contribution in [0, 0.1) is 17.5 Å². The quantitative estimate of drug-likeness (QED) is 0.852. The van der Waals surface area contributed by atoms with Gasteiger partial charge in [-0.3, -0.25) is 4.79 Å². The van der Waals surface area contributed by atoms with Gasteiger partial charge in [0.05, 0.1) is 18.2 Å². The summed E-state index contributed by atoms with van der Waals surface area (Å²) in [5.74, 6) is -4.19. The van der Waals surface area contributed by atoms with Crippen molar-refractivity contribution in [2.75, 3.05) is 12.4 Å². The minimum absolute atomic E-state index is 0.375. The first-order valence-electron chi connectivity index (χ1n) is 7.58. The number of halogens is 3. The number of anilines is 1. The molecule has 0 heterocycles. The third-order valence-corrected chi connectivity index (χ3v) is 4.55. The maximum atomic E-state index is 13.8. The summed E-state index contributed by atoms with van der Waals surface area (Å²) in [6.45, 7) is 0. The first-order chi connectivity index (χ1) is 11.5. The van der Waals surface area contributed by atoms with Crippen molar-refractivity contribution in [3.8, 4) is 5.75 Å². The lowest BCUT2D eigenvalue weighted by atomic mass is 9.63. The van der Waals surface area contributed by atoms with E-state index in [1.54, 1.807) is 24.3 Å². The number of hydrogen-bond acceptors (Lipinski definition) is 2. The summed E-state index contributed by atoms with van der Waals surface area (Å²) >= 11 is 0. The highest BCUT2D eigenvalue weighted by molar-refractivity contribution is 6.00. The molecule has 0 bridgehead atoms. The molecule has 1 saturated carbocycles. The number of methoxy groups -OCH3 is 1. The standard InChI is InChI=1S/C18H16F3NO2/c1-24-14-6-3-2-5-11(14)18(9-4-10-18)17(23)22-13-8-7-12(19)15(20)16(13)21/h2-3,5-8H,4,9-10H2,1H3,(H,22,23). The van der Waals surface area contributed by atoms with E-state index in [0.717, 1.165) is 18.6 Å². The summed E-state index contributed by atoms with van der Waals surface area (Å²) in [6.07, 6.45) is 1.99. The van der Waals surface area contributed by atoms with Crippen LogP contribution in [0.5, 0.6) is 5.75 Å². The Labute approximate surface area is 137 Å². The van der Waals surface area contributed by atoms with Crippen molar-refractivity contribution in [2.45, 2.75) is 24.7 Å². The molecular formula is C18H16F3NO2. The van der Waals surface area contributed by atoms with Crippen LogP contribution in [0.15, 0.2) is 36.4 Å². The molecular weight excluding hydrogens is 319 g/mol. The topological polar surface area (TPSA) is 38.3 Å². The van der Waals surface area contributed by atoms with E-state index in [4.69, 9.17) is 4.74 Å². The molecule has 3 rings (SSSR count). The molecule has 1 aliphatic carbocycles. The Morgan fingerprint density at radius 2 is 1.79 bits per heavy atom. The average molecular weight is 335 g/mol. The predicted molar refractivity (Wildman–Crippen MR) is 83.5 cm³/mol. The Morgan fingerprint density at radius 3 is 2.42 bits per heavy atom. The number of amides is 1. The lowest BCUT2D eigenvalue weighted by Crippen LogP contribution is -2.46. The van der Waals surface area contributed by atoms with Crippen LogP contribution in [-0.2, 0) is 10.2 Å². The molecule has 24 heavy (non-hydrogen) atoms. The minimum atomic E-state index is -1.60. The Bertz CT molecular complexity index is 788. The van der Waals surface area contributed by atoms with Crippen molar-refractivity contribution < 1.29 is 22.7 Å². The van der Waals surface area contributed by atoms with Gasteiger partial charge in [0.25, 0.3) is 0 Å². The van der Waals surface area contributed by atoms with Crippen molar-refractivity contribution in [1.29, 1.82) is 0 Å². The highest BCUT2D eigenvalue weighted by Gasteiger charge is 2.47. The van der Waals surface area contributed by atoms with Gasteiger partial charge in [0.1, 0.15) is 5.75 Å².